The van der Waals surface area contributed by atoms with E-state index in [1.807, 2.05) is 19.2 Å². The Kier molecular flexibility index (Phi) is 9.60. The lowest BCUT2D eigenvalue weighted by Gasteiger charge is -2.40. The van der Waals surface area contributed by atoms with Crippen molar-refractivity contribution in [3.8, 4) is 11.3 Å². The summed E-state index contributed by atoms with van der Waals surface area (Å²) in [7, 11) is 2.03. The lowest BCUT2D eigenvalue weighted by atomic mass is 10.0. The summed E-state index contributed by atoms with van der Waals surface area (Å²) in [4.78, 5) is 20.6. The Balaban J connectivity index is 1.41. The summed E-state index contributed by atoms with van der Waals surface area (Å²) in [6.45, 7) is 8.19. The number of hydrogen-bond donors (Lipinski definition) is 0. The average Bonchev–Trinajstić information content (AvgIpc) is 3.03. The first kappa shape index (κ1) is 30.5. The lowest BCUT2D eigenvalue weighted by molar-refractivity contribution is -0.137. The molecule has 1 fully saturated rings. The van der Waals surface area contributed by atoms with Crippen LogP contribution in [0.2, 0.25) is 0 Å². The maximum atomic E-state index is 13.1. The van der Waals surface area contributed by atoms with E-state index in [-0.39, 0.29) is 6.04 Å². The van der Waals surface area contributed by atoms with E-state index in [4.69, 9.17) is 4.98 Å². The van der Waals surface area contributed by atoms with Gasteiger partial charge in [0.15, 0.2) is 0 Å². The van der Waals surface area contributed by atoms with Crippen LogP contribution in [0.15, 0.2) is 85.3 Å². The molecule has 1 aliphatic rings. The first-order valence-electron chi connectivity index (χ1n) is 14.9. The molecule has 4 aromatic rings. The number of piperidine rings is 1. The maximum absolute atomic E-state index is 13.1. The molecule has 1 aliphatic heterocycles. The SMILES string of the molecule is CC(C)CCN1CCC[C@H](N(Cc2ccc(N(C)c3ccncc3)cc2)c2nccc(-c3ccc(C(F)(F)F)cc3)n2)C1. The molecule has 5 rings (SSSR count). The molecule has 2 aromatic heterocycles. The zero-order valence-electron chi connectivity index (χ0n) is 25.0. The van der Waals surface area contributed by atoms with E-state index < -0.39 is 11.7 Å². The first-order chi connectivity index (χ1) is 20.7. The highest BCUT2D eigenvalue weighted by molar-refractivity contribution is 5.63. The molecule has 0 N–H and O–H groups in total. The standard InChI is InChI=1S/C34H39F3N6/c1-25(2)17-22-42-21-4-5-31(24-42)43(23-26-6-12-29(13-7-26)41(3)30-14-18-38-19-15-30)33-39-20-16-32(40-33)27-8-10-28(11-9-27)34(35,36)37/h6-16,18-20,25,31H,4-5,17,21-24H2,1-3H3/t31-/m0/s1. The summed E-state index contributed by atoms with van der Waals surface area (Å²) in [5.41, 5.74) is 3.82. The molecule has 0 amide bonds. The second-order valence-corrected chi connectivity index (χ2v) is 11.7. The van der Waals surface area contributed by atoms with Crippen molar-refractivity contribution in [1.82, 2.24) is 19.9 Å². The van der Waals surface area contributed by atoms with E-state index in [1.54, 1.807) is 24.7 Å². The second-order valence-electron chi connectivity index (χ2n) is 11.7. The van der Waals surface area contributed by atoms with Crippen LogP contribution < -0.4 is 9.80 Å². The van der Waals surface area contributed by atoms with Crippen LogP contribution in [0.4, 0.5) is 30.5 Å². The van der Waals surface area contributed by atoms with E-state index in [1.165, 1.54) is 12.1 Å². The Morgan fingerprint density at radius 3 is 2.28 bits per heavy atom. The van der Waals surface area contributed by atoms with Gasteiger partial charge in [0.2, 0.25) is 5.95 Å². The summed E-state index contributed by atoms with van der Waals surface area (Å²) in [5, 5.41) is 0. The molecular formula is C34H39F3N6. The van der Waals surface area contributed by atoms with E-state index in [9.17, 15) is 13.2 Å². The van der Waals surface area contributed by atoms with Gasteiger partial charge < -0.3 is 14.7 Å². The van der Waals surface area contributed by atoms with Crippen LogP contribution in [0.5, 0.6) is 0 Å². The number of pyridine rings is 1. The Morgan fingerprint density at radius 1 is 0.907 bits per heavy atom. The molecule has 1 atom stereocenters. The maximum Gasteiger partial charge on any atom is 0.416 e. The number of nitrogens with zero attached hydrogens (tertiary/aromatic N) is 6. The zero-order chi connectivity index (χ0) is 30.4. The fourth-order valence-corrected chi connectivity index (χ4v) is 5.51. The molecule has 3 heterocycles. The minimum Gasteiger partial charge on any atom is -0.345 e. The van der Waals surface area contributed by atoms with Gasteiger partial charge in [-0.3, -0.25) is 4.98 Å². The third-order valence-electron chi connectivity index (χ3n) is 8.08. The van der Waals surface area contributed by atoms with Crippen LogP contribution in [0.3, 0.4) is 0 Å². The third-order valence-corrected chi connectivity index (χ3v) is 8.08. The minimum atomic E-state index is -4.38. The van der Waals surface area contributed by atoms with Crippen molar-refractivity contribution in [2.75, 3.05) is 36.5 Å². The zero-order valence-corrected chi connectivity index (χ0v) is 25.0. The number of halogens is 3. The fourth-order valence-electron chi connectivity index (χ4n) is 5.51. The minimum absolute atomic E-state index is 0.211. The number of hydrogen-bond acceptors (Lipinski definition) is 6. The van der Waals surface area contributed by atoms with Gasteiger partial charge in [0, 0.05) is 61.7 Å². The molecule has 0 unspecified atom stereocenters. The van der Waals surface area contributed by atoms with Gasteiger partial charge in [0.1, 0.15) is 0 Å². The Bertz CT molecular complexity index is 1440. The summed E-state index contributed by atoms with van der Waals surface area (Å²) >= 11 is 0. The predicted octanol–water partition coefficient (Wildman–Crippen LogP) is 7.84. The van der Waals surface area contributed by atoms with E-state index in [0.717, 1.165) is 68.0 Å². The molecule has 0 radical (unpaired) electrons. The summed E-state index contributed by atoms with van der Waals surface area (Å²) in [5.74, 6) is 1.23. The van der Waals surface area contributed by atoms with Crippen molar-refractivity contribution in [3.63, 3.8) is 0 Å². The van der Waals surface area contributed by atoms with Crippen LogP contribution in [-0.4, -0.2) is 52.6 Å². The van der Waals surface area contributed by atoms with E-state index in [0.29, 0.717) is 29.7 Å². The number of likely N-dealkylation sites (tertiary alicyclic amines) is 1. The van der Waals surface area contributed by atoms with E-state index >= 15 is 0 Å². The van der Waals surface area contributed by atoms with Crippen molar-refractivity contribution in [1.29, 1.82) is 0 Å². The molecule has 0 aliphatic carbocycles. The largest absolute Gasteiger partial charge is 0.416 e. The number of anilines is 3. The number of alkyl halides is 3. The van der Waals surface area contributed by atoms with Gasteiger partial charge in [-0.15, -0.1) is 0 Å². The van der Waals surface area contributed by atoms with Gasteiger partial charge in [0.05, 0.1) is 11.3 Å². The van der Waals surface area contributed by atoms with Crippen molar-refractivity contribution < 1.29 is 13.2 Å². The molecule has 226 valence electrons. The molecular weight excluding hydrogens is 549 g/mol. The van der Waals surface area contributed by atoms with Gasteiger partial charge >= 0.3 is 6.18 Å². The normalized spacial score (nSPS) is 15.9. The van der Waals surface area contributed by atoms with Gasteiger partial charge in [-0.25, -0.2) is 9.97 Å². The first-order valence-corrected chi connectivity index (χ1v) is 14.9. The monoisotopic (exact) mass is 588 g/mol. The Hall–Kier alpha value is -3.98. The van der Waals surface area contributed by atoms with Gasteiger partial charge in [0.25, 0.3) is 0 Å². The average molecular weight is 589 g/mol. The van der Waals surface area contributed by atoms with Gasteiger partial charge in [-0.1, -0.05) is 38.1 Å². The van der Waals surface area contributed by atoms with Gasteiger partial charge in [-0.05, 0) is 86.3 Å². The van der Waals surface area contributed by atoms with Crippen molar-refractivity contribution >= 4 is 17.3 Å². The van der Waals surface area contributed by atoms with Gasteiger partial charge in [-0.2, -0.15) is 13.2 Å². The highest BCUT2D eigenvalue weighted by atomic mass is 19.4. The smallest absolute Gasteiger partial charge is 0.345 e. The molecule has 1 saturated heterocycles. The number of rotatable bonds is 10. The Labute approximate surface area is 252 Å². The summed E-state index contributed by atoms with van der Waals surface area (Å²) in [6.07, 6.45) is 4.16. The fraction of sp³-hybridized carbons (Fsp3) is 0.382. The molecule has 2 aromatic carbocycles. The third kappa shape index (κ3) is 7.90. The number of aromatic nitrogens is 3. The Morgan fingerprint density at radius 2 is 1.60 bits per heavy atom. The number of benzene rings is 2. The lowest BCUT2D eigenvalue weighted by Crippen LogP contribution is -2.48. The summed E-state index contributed by atoms with van der Waals surface area (Å²) in [6, 6.07) is 19.6. The quantitative estimate of drug-likeness (QED) is 0.188. The molecule has 0 spiro atoms. The van der Waals surface area contributed by atoms with E-state index in [2.05, 4.69) is 62.8 Å². The summed E-state index contributed by atoms with van der Waals surface area (Å²) < 4.78 is 39.4. The van der Waals surface area contributed by atoms with Crippen LogP contribution >= 0.6 is 0 Å². The highest BCUT2D eigenvalue weighted by Gasteiger charge is 2.30. The van der Waals surface area contributed by atoms with Crippen LogP contribution in [-0.2, 0) is 12.7 Å². The predicted molar refractivity (Wildman–Crippen MR) is 166 cm³/mol. The van der Waals surface area contributed by atoms with Crippen molar-refractivity contribution in [2.24, 2.45) is 5.92 Å². The molecule has 0 bridgehead atoms. The van der Waals surface area contributed by atoms with Crippen molar-refractivity contribution in [3.05, 3.63) is 96.4 Å². The molecule has 6 nitrogen and oxygen atoms in total. The topological polar surface area (TPSA) is 48.4 Å². The van der Waals surface area contributed by atoms with Crippen LogP contribution in [0, 0.1) is 5.92 Å². The van der Waals surface area contributed by atoms with Crippen molar-refractivity contribution in [2.45, 2.75) is 51.9 Å². The highest BCUT2D eigenvalue weighted by Crippen LogP contribution is 2.32. The second kappa shape index (κ2) is 13.5. The molecule has 0 saturated carbocycles. The molecule has 43 heavy (non-hydrogen) atoms. The van der Waals surface area contributed by atoms with Crippen LogP contribution in [0.25, 0.3) is 11.3 Å². The molecule has 9 heteroatoms. The van der Waals surface area contributed by atoms with Crippen LogP contribution in [0.1, 0.15) is 44.2 Å².